The van der Waals surface area contributed by atoms with Gasteiger partial charge in [-0.3, -0.25) is 4.79 Å². The Labute approximate surface area is 179 Å². The minimum atomic E-state index is 0.233. The Bertz CT molecular complexity index is 953. The number of hydrogen-bond donors (Lipinski definition) is 0. The number of thiazole rings is 1. The molecule has 0 aliphatic carbocycles. The van der Waals surface area contributed by atoms with Crippen molar-refractivity contribution in [3.8, 4) is 5.75 Å². The number of anilines is 1. The molecular weight excluding hydrogens is 402 g/mol. The van der Waals surface area contributed by atoms with Gasteiger partial charge in [0, 0.05) is 31.9 Å². The molecule has 3 aromatic rings. The number of amides is 1. The molecule has 0 N–H and O–H groups in total. The van der Waals surface area contributed by atoms with Crippen LogP contribution in [0.1, 0.15) is 12.5 Å². The quantitative estimate of drug-likeness (QED) is 0.563. The van der Waals surface area contributed by atoms with Crippen molar-refractivity contribution in [3.63, 3.8) is 0 Å². The number of fused-ring (bicyclic) bond motifs is 1. The molecule has 1 saturated heterocycles. The lowest BCUT2D eigenvalue weighted by Crippen LogP contribution is -2.49. The largest absolute Gasteiger partial charge is 0.494 e. The van der Waals surface area contributed by atoms with Crippen molar-refractivity contribution < 1.29 is 9.53 Å². The van der Waals surface area contributed by atoms with Crippen LogP contribution in [0.15, 0.2) is 48.5 Å². The van der Waals surface area contributed by atoms with Crippen LogP contribution in [0.5, 0.6) is 5.75 Å². The summed E-state index contributed by atoms with van der Waals surface area (Å²) in [5.41, 5.74) is 2.27. The SMILES string of the molecule is CCOc1ccc2nc(N3CCN(C(=O)CSCc4ccccc4)CC3)sc2c1. The Balaban J connectivity index is 1.28. The van der Waals surface area contributed by atoms with Crippen LogP contribution in [0.25, 0.3) is 10.2 Å². The minimum absolute atomic E-state index is 0.233. The molecule has 0 saturated carbocycles. The van der Waals surface area contributed by atoms with Crippen molar-refractivity contribution in [2.75, 3.05) is 43.4 Å². The fraction of sp³-hybridized carbons (Fsp3) is 0.364. The Kier molecular flexibility index (Phi) is 6.56. The normalized spacial score (nSPS) is 14.4. The molecule has 152 valence electrons. The van der Waals surface area contributed by atoms with Crippen LogP contribution in [0, 0.1) is 0 Å². The van der Waals surface area contributed by atoms with E-state index in [1.54, 1.807) is 23.1 Å². The molecule has 0 radical (unpaired) electrons. The predicted octanol–water partition coefficient (Wildman–Crippen LogP) is 4.28. The number of piperazine rings is 1. The highest BCUT2D eigenvalue weighted by Gasteiger charge is 2.23. The van der Waals surface area contributed by atoms with E-state index < -0.39 is 0 Å². The summed E-state index contributed by atoms with van der Waals surface area (Å²) in [7, 11) is 0. The van der Waals surface area contributed by atoms with Gasteiger partial charge in [-0.25, -0.2) is 4.98 Å². The van der Waals surface area contributed by atoms with E-state index in [-0.39, 0.29) is 5.91 Å². The maximum atomic E-state index is 12.5. The molecule has 1 aromatic heterocycles. The zero-order valence-corrected chi connectivity index (χ0v) is 18.2. The number of thioether (sulfide) groups is 1. The van der Waals surface area contributed by atoms with Crippen molar-refractivity contribution in [3.05, 3.63) is 54.1 Å². The minimum Gasteiger partial charge on any atom is -0.494 e. The highest BCUT2D eigenvalue weighted by Crippen LogP contribution is 2.32. The van der Waals surface area contributed by atoms with Crippen molar-refractivity contribution >= 4 is 44.4 Å². The van der Waals surface area contributed by atoms with Crippen molar-refractivity contribution in [2.24, 2.45) is 0 Å². The second kappa shape index (κ2) is 9.50. The summed E-state index contributed by atoms with van der Waals surface area (Å²) in [5.74, 6) is 2.54. The second-order valence-electron chi connectivity index (χ2n) is 6.91. The molecule has 1 amide bonds. The van der Waals surface area contributed by atoms with Gasteiger partial charge in [-0.15, -0.1) is 11.8 Å². The average molecular weight is 428 g/mol. The number of ether oxygens (including phenoxy) is 1. The van der Waals surface area contributed by atoms with Crippen molar-refractivity contribution in [2.45, 2.75) is 12.7 Å². The number of carbonyl (C=O) groups excluding carboxylic acids is 1. The molecule has 0 atom stereocenters. The summed E-state index contributed by atoms with van der Waals surface area (Å²) in [5, 5.41) is 1.03. The number of benzene rings is 2. The molecule has 2 heterocycles. The summed E-state index contributed by atoms with van der Waals surface area (Å²) in [6.45, 7) is 5.82. The lowest BCUT2D eigenvalue weighted by molar-refractivity contribution is -0.128. The number of carbonyl (C=O) groups is 1. The van der Waals surface area contributed by atoms with Crippen LogP contribution in [0.3, 0.4) is 0 Å². The van der Waals surface area contributed by atoms with Gasteiger partial charge in [0.05, 0.1) is 22.6 Å². The Morgan fingerprint density at radius 3 is 2.69 bits per heavy atom. The molecule has 29 heavy (non-hydrogen) atoms. The third kappa shape index (κ3) is 5.03. The average Bonchev–Trinajstić information content (AvgIpc) is 3.18. The van der Waals surface area contributed by atoms with E-state index in [4.69, 9.17) is 9.72 Å². The second-order valence-corrected chi connectivity index (χ2v) is 8.90. The maximum absolute atomic E-state index is 12.5. The van der Waals surface area contributed by atoms with Crippen LogP contribution in [0.2, 0.25) is 0 Å². The third-order valence-electron chi connectivity index (χ3n) is 4.90. The van der Waals surface area contributed by atoms with Gasteiger partial charge in [-0.2, -0.15) is 0 Å². The van der Waals surface area contributed by atoms with Gasteiger partial charge in [0.2, 0.25) is 5.91 Å². The van der Waals surface area contributed by atoms with Gasteiger partial charge in [-0.1, -0.05) is 41.7 Å². The van der Waals surface area contributed by atoms with Gasteiger partial charge in [0.1, 0.15) is 5.75 Å². The number of hydrogen-bond acceptors (Lipinski definition) is 6. The predicted molar refractivity (Wildman–Crippen MR) is 122 cm³/mol. The van der Waals surface area contributed by atoms with E-state index in [1.807, 2.05) is 42.2 Å². The van der Waals surface area contributed by atoms with Gasteiger partial charge in [0.25, 0.3) is 0 Å². The molecule has 1 fully saturated rings. The first-order valence-electron chi connectivity index (χ1n) is 9.90. The van der Waals surface area contributed by atoms with Crippen LogP contribution in [-0.2, 0) is 10.5 Å². The third-order valence-corrected chi connectivity index (χ3v) is 6.97. The molecule has 0 bridgehead atoms. The molecule has 1 aliphatic heterocycles. The standard InChI is InChI=1S/C22H25N3O2S2/c1-2-27-18-8-9-19-20(14-18)29-22(23-19)25-12-10-24(11-13-25)21(26)16-28-15-17-6-4-3-5-7-17/h3-9,14H,2,10-13,15-16H2,1H3. The number of nitrogens with zero attached hydrogens (tertiary/aromatic N) is 3. The highest BCUT2D eigenvalue weighted by molar-refractivity contribution is 7.99. The van der Waals surface area contributed by atoms with Gasteiger partial charge >= 0.3 is 0 Å². The van der Waals surface area contributed by atoms with Crippen LogP contribution in [0.4, 0.5) is 5.13 Å². The smallest absolute Gasteiger partial charge is 0.232 e. The first kappa shape index (κ1) is 20.0. The van der Waals surface area contributed by atoms with Crippen LogP contribution >= 0.6 is 23.1 Å². The molecule has 2 aromatic carbocycles. The van der Waals surface area contributed by atoms with Crippen LogP contribution in [-0.4, -0.2) is 54.3 Å². The molecule has 7 heteroatoms. The zero-order valence-electron chi connectivity index (χ0n) is 16.5. The van der Waals surface area contributed by atoms with Gasteiger partial charge in [-0.05, 0) is 30.7 Å². The Morgan fingerprint density at radius 1 is 1.14 bits per heavy atom. The van der Waals surface area contributed by atoms with Crippen LogP contribution < -0.4 is 9.64 Å². The zero-order chi connectivity index (χ0) is 20.1. The van der Waals surface area contributed by atoms with E-state index in [0.717, 1.165) is 53.0 Å². The van der Waals surface area contributed by atoms with Gasteiger partial charge in [0.15, 0.2) is 5.13 Å². The molecule has 0 unspecified atom stereocenters. The van der Waals surface area contributed by atoms with E-state index in [9.17, 15) is 4.79 Å². The fourth-order valence-corrected chi connectivity index (χ4v) is 5.29. The fourth-order valence-electron chi connectivity index (χ4n) is 3.35. The Morgan fingerprint density at radius 2 is 1.93 bits per heavy atom. The van der Waals surface area contributed by atoms with E-state index in [0.29, 0.717) is 12.4 Å². The van der Waals surface area contributed by atoms with E-state index >= 15 is 0 Å². The summed E-state index contributed by atoms with van der Waals surface area (Å²) in [6.07, 6.45) is 0. The molecular formula is C22H25N3O2S2. The highest BCUT2D eigenvalue weighted by atomic mass is 32.2. The lowest BCUT2D eigenvalue weighted by Gasteiger charge is -2.34. The molecule has 4 rings (SSSR count). The summed E-state index contributed by atoms with van der Waals surface area (Å²) in [6, 6.07) is 16.3. The van der Waals surface area contributed by atoms with Gasteiger partial charge < -0.3 is 14.5 Å². The number of rotatable bonds is 7. The topological polar surface area (TPSA) is 45.7 Å². The van der Waals surface area contributed by atoms with E-state index in [1.165, 1.54) is 5.56 Å². The molecule has 5 nitrogen and oxygen atoms in total. The monoisotopic (exact) mass is 427 g/mol. The Hall–Kier alpha value is -2.25. The summed E-state index contributed by atoms with van der Waals surface area (Å²) < 4.78 is 6.73. The van der Waals surface area contributed by atoms with Crippen molar-refractivity contribution in [1.82, 2.24) is 9.88 Å². The number of aromatic nitrogens is 1. The lowest BCUT2D eigenvalue weighted by atomic mass is 10.2. The molecule has 0 spiro atoms. The van der Waals surface area contributed by atoms with Crippen molar-refractivity contribution in [1.29, 1.82) is 0 Å². The maximum Gasteiger partial charge on any atom is 0.232 e. The summed E-state index contributed by atoms with van der Waals surface area (Å²) >= 11 is 3.38. The van der Waals surface area contributed by atoms with E-state index in [2.05, 4.69) is 23.1 Å². The first-order valence-corrected chi connectivity index (χ1v) is 11.9. The first-order chi connectivity index (χ1) is 14.2. The molecule has 1 aliphatic rings. The summed E-state index contributed by atoms with van der Waals surface area (Å²) in [4.78, 5) is 21.6.